The second-order valence-electron chi connectivity index (χ2n) is 5.66. The number of carbonyl (C=O) groups is 2. The van der Waals surface area contributed by atoms with Gasteiger partial charge in [0.15, 0.2) is 0 Å². The summed E-state index contributed by atoms with van der Waals surface area (Å²) < 4.78 is 18.6. The van der Waals surface area contributed by atoms with Crippen molar-refractivity contribution in [2.75, 3.05) is 6.54 Å². The van der Waals surface area contributed by atoms with E-state index in [4.69, 9.17) is 9.84 Å². The van der Waals surface area contributed by atoms with Crippen molar-refractivity contribution in [2.45, 2.75) is 32.8 Å². The summed E-state index contributed by atoms with van der Waals surface area (Å²) in [5.41, 5.74) is -0.342. The molecule has 0 saturated carbocycles. The molecule has 0 spiro atoms. The predicted molar refractivity (Wildman–Crippen MR) is 81.2 cm³/mol. The van der Waals surface area contributed by atoms with Crippen molar-refractivity contribution in [1.29, 1.82) is 0 Å². The van der Waals surface area contributed by atoms with E-state index in [2.05, 4.69) is 5.32 Å². The third kappa shape index (κ3) is 6.39. The number of hydrogen-bond acceptors (Lipinski definition) is 3. The molecule has 2 N–H and O–H groups in total. The van der Waals surface area contributed by atoms with E-state index >= 15 is 0 Å². The molecule has 0 radical (unpaired) electrons. The highest BCUT2D eigenvalue weighted by molar-refractivity contribution is 5.88. The summed E-state index contributed by atoms with van der Waals surface area (Å²) in [5, 5.41) is 11.4. The van der Waals surface area contributed by atoms with E-state index in [1.807, 2.05) is 0 Å². The van der Waals surface area contributed by atoms with Crippen molar-refractivity contribution in [3.05, 3.63) is 41.2 Å². The average molecular weight is 309 g/mol. The first-order valence-electron chi connectivity index (χ1n) is 6.85. The van der Waals surface area contributed by atoms with Gasteiger partial charge >= 0.3 is 12.1 Å². The molecule has 0 heterocycles. The predicted octanol–water partition coefficient (Wildman–Crippen LogP) is 3.45. The van der Waals surface area contributed by atoms with Gasteiger partial charge < -0.3 is 15.2 Å². The minimum Gasteiger partial charge on any atom is -0.478 e. The maximum absolute atomic E-state index is 13.5. The summed E-state index contributed by atoms with van der Waals surface area (Å²) >= 11 is 0. The summed E-state index contributed by atoms with van der Waals surface area (Å²) in [6.07, 6.45) is 3.09. The first-order chi connectivity index (χ1) is 10.2. The van der Waals surface area contributed by atoms with Crippen LogP contribution in [0.2, 0.25) is 0 Å². The lowest BCUT2D eigenvalue weighted by Gasteiger charge is -2.19. The summed E-state index contributed by atoms with van der Waals surface area (Å²) in [6, 6.07) is 3.58. The fourth-order valence-corrected chi connectivity index (χ4v) is 1.59. The number of rotatable bonds is 5. The van der Waals surface area contributed by atoms with Gasteiger partial charge in [-0.15, -0.1) is 0 Å². The molecule has 0 aliphatic rings. The molecule has 0 unspecified atom stereocenters. The van der Waals surface area contributed by atoms with Crippen LogP contribution in [0.25, 0.3) is 6.08 Å². The Balaban J connectivity index is 2.48. The molecule has 0 aliphatic carbocycles. The van der Waals surface area contributed by atoms with E-state index in [9.17, 15) is 14.0 Å². The highest BCUT2D eigenvalue weighted by Crippen LogP contribution is 2.13. The summed E-state index contributed by atoms with van der Waals surface area (Å²) in [6.45, 7) is 5.64. The van der Waals surface area contributed by atoms with Crippen LogP contribution in [-0.4, -0.2) is 29.3 Å². The molecule has 0 aliphatic heterocycles. The first kappa shape index (κ1) is 17.7. The van der Waals surface area contributed by atoms with Crippen LogP contribution in [-0.2, 0) is 4.74 Å². The van der Waals surface area contributed by atoms with E-state index in [-0.39, 0.29) is 11.1 Å². The Morgan fingerprint density at radius 1 is 1.36 bits per heavy atom. The average Bonchev–Trinajstić information content (AvgIpc) is 2.37. The molecule has 6 heteroatoms. The van der Waals surface area contributed by atoms with Gasteiger partial charge in [-0.1, -0.05) is 12.2 Å². The summed E-state index contributed by atoms with van der Waals surface area (Å²) in [5.74, 6) is -1.61. The van der Waals surface area contributed by atoms with Gasteiger partial charge in [-0.3, -0.25) is 0 Å². The number of carboxylic acids is 1. The fourth-order valence-electron chi connectivity index (χ4n) is 1.59. The Labute approximate surface area is 128 Å². The molecule has 22 heavy (non-hydrogen) atoms. The lowest BCUT2D eigenvalue weighted by molar-refractivity contribution is 0.0528. The molecule has 1 aromatic carbocycles. The number of ether oxygens (including phenoxy) is 1. The smallest absolute Gasteiger partial charge is 0.407 e. The Morgan fingerprint density at radius 2 is 2.05 bits per heavy atom. The second kappa shape index (κ2) is 7.59. The molecule has 0 saturated heterocycles. The molecule has 0 fully saturated rings. The maximum Gasteiger partial charge on any atom is 0.407 e. The number of alkyl carbamates (subject to hydrolysis) is 1. The monoisotopic (exact) mass is 309 g/mol. The molecular weight excluding hydrogens is 289 g/mol. The SMILES string of the molecule is CC(C)(C)OC(=O)NCCC=Cc1cc(C(=O)O)ccc1F. The van der Waals surface area contributed by atoms with E-state index in [0.717, 1.165) is 6.07 Å². The van der Waals surface area contributed by atoms with Crippen LogP contribution in [0.1, 0.15) is 43.1 Å². The van der Waals surface area contributed by atoms with Crippen molar-refractivity contribution < 1.29 is 23.8 Å². The van der Waals surface area contributed by atoms with Crippen molar-refractivity contribution >= 4 is 18.1 Å². The second-order valence-corrected chi connectivity index (χ2v) is 5.66. The van der Waals surface area contributed by atoms with E-state index in [1.165, 1.54) is 18.2 Å². The van der Waals surface area contributed by atoms with E-state index in [0.29, 0.717) is 13.0 Å². The number of nitrogens with one attached hydrogen (secondary N) is 1. The Bertz CT molecular complexity index is 576. The van der Waals surface area contributed by atoms with Crippen LogP contribution in [0, 0.1) is 5.82 Å². The Kier molecular flexibility index (Phi) is 6.10. The topological polar surface area (TPSA) is 75.6 Å². The van der Waals surface area contributed by atoms with Crippen LogP contribution in [0.4, 0.5) is 9.18 Å². The van der Waals surface area contributed by atoms with Gasteiger partial charge in [0.25, 0.3) is 0 Å². The third-order valence-corrected chi connectivity index (χ3v) is 2.52. The molecule has 0 aromatic heterocycles. The maximum atomic E-state index is 13.5. The zero-order chi connectivity index (χ0) is 16.8. The van der Waals surface area contributed by atoms with Crippen LogP contribution >= 0.6 is 0 Å². The van der Waals surface area contributed by atoms with E-state index < -0.39 is 23.5 Å². The normalized spacial score (nSPS) is 11.5. The minimum absolute atomic E-state index is 0.0212. The Hall–Kier alpha value is -2.37. The molecule has 1 aromatic rings. The van der Waals surface area contributed by atoms with Crippen molar-refractivity contribution in [3.8, 4) is 0 Å². The number of aromatic carboxylic acids is 1. The molecule has 1 amide bonds. The minimum atomic E-state index is -1.11. The lowest BCUT2D eigenvalue weighted by atomic mass is 10.1. The van der Waals surface area contributed by atoms with Gasteiger partial charge in [0.2, 0.25) is 0 Å². The highest BCUT2D eigenvalue weighted by Gasteiger charge is 2.15. The Morgan fingerprint density at radius 3 is 2.64 bits per heavy atom. The van der Waals surface area contributed by atoms with Crippen LogP contribution < -0.4 is 5.32 Å². The number of carbonyl (C=O) groups excluding carboxylic acids is 1. The third-order valence-electron chi connectivity index (χ3n) is 2.52. The van der Waals surface area contributed by atoms with Crippen molar-refractivity contribution in [2.24, 2.45) is 0 Å². The van der Waals surface area contributed by atoms with Crippen LogP contribution in [0.3, 0.4) is 0 Å². The molecule has 1 rings (SSSR count). The van der Waals surface area contributed by atoms with Crippen molar-refractivity contribution in [3.63, 3.8) is 0 Å². The van der Waals surface area contributed by atoms with E-state index in [1.54, 1.807) is 26.8 Å². The van der Waals surface area contributed by atoms with Crippen LogP contribution in [0.5, 0.6) is 0 Å². The quantitative estimate of drug-likeness (QED) is 0.817. The molecule has 0 bridgehead atoms. The first-order valence-corrected chi connectivity index (χ1v) is 6.85. The van der Waals surface area contributed by atoms with Gasteiger partial charge in [0.1, 0.15) is 11.4 Å². The fraction of sp³-hybridized carbons (Fsp3) is 0.375. The highest BCUT2D eigenvalue weighted by atomic mass is 19.1. The number of carboxylic acid groups (broad SMARTS) is 1. The standard InChI is InChI=1S/C16H20FNO4/c1-16(2,3)22-15(21)18-9-5-4-6-11-10-12(14(19)20)7-8-13(11)17/h4,6-8,10H,5,9H2,1-3H3,(H,18,21)(H,19,20). The molecular formula is C16H20FNO4. The molecule has 120 valence electrons. The number of halogens is 1. The largest absolute Gasteiger partial charge is 0.478 e. The van der Waals surface area contributed by atoms with Crippen molar-refractivity contribution in [1.82, 2.24) is 5.32 Å². The van der Waals surface area contributed by atoms with Gasteiger partial charge in [-0.25, -0.2) is 14.0 Å². The summed E-state index contributed by atoms with van der Waals surface area (Å²) in [4.78, 5) is 22.2. The van der Waals surface area contributed by atoms with Gasteiger partial charge in [-0.2, -0.15) is 0 Å². The lowest BCUT2D eigenvalue weighted by Crippen LogP contribution is -2.32. The molecule has 5 nitrogen and oxygen atoms in total. The number of amides is 1. The number of benzene rings is 1. The van der Waals surface area contributed by atoms with Gasteiger partial charge in [0, 0.05) is 12.1 Å². The molecule has 0 atom stereocenters. The summed E-state index contributed by atoms with van der Waals surface area (Å²) in [7, 11) is 0. The van der Waals surface area contributed by atoms with Gasteiger partial charge in [0.05, 0.1) is 5.56 Å². The number of hydrogen-bond donors (Lipinski definition) is 2. The zero-order valence-electron chi connectivity index (χ0n) is 12.9. The van der Waals surface area contributed by atoms with Crippen LogP contribution in [0.15, 0.2) is 24.3 Å². The van der Waals surface area contributed by atoms with Gasteiger partial charge in [-0.05, 0) is 45.4 Å². The zero-order valence-corrected chi connectivity index (χ0v) is 12.9.